The number of hydrogen-bond donors (Lipinski definition) is 1. The van der Waals surface area contributed by atoms with Crippen molar-refractivity contribution >= 4 is 5.97 Å². The molecule has 1 aromatic carbocycles. The molecule has 5 atom stereocenters. The van der Waals surface area contributed by atoms with E-state index < -0.39 is 6.10 Å². The Hall–Kier alpha value is -1.89. The largest absolute Gasteiger partial charge is 0.490 e. The number of allylic oxidation sites excluding steroid dienone is 2. The van der Waals surface area contributed by atoms with Gasteiger partial charge in [0.15, 0.2) is 6.10 Å². The van der Waals surface area contributed by atoms with Crippen molar-refractivity contribution in [3.05, 3.63) is 34.9 Å². The van der Waals surface area contributed by atoms with E-state index in [9.17, 15) is 9.90 Å². The quantitative estimate of drug-likeness (QED) is 0.206. The molecular formula is C31H46O6. The van der Waals surface area contributed by atoms with Gasteiger partial charge in [0.25, 0.3) is 0 Å². The van der Waals surface area contributed by atoms with E-state index in [0.29, 0.717) is 18.1 Å². The third kappa shape index (κ3) is 6.76. The van der Waals surface area contributed by atoms with Crippen molar-refractivity contribution in [2.24, 2.45) is 11.8 Å². The van der Waals surface area contributed by atoms with E-state index in [-0.39, 0.29) is 49.3 Å². The van der Waals surface area contributed by atoms with E-state index in [0.717, 1.165) is 61.8 Å². The van der Waals surface area contributed by atoms with E-state index in [2.05, 4.69) is 32.9 Å². The highest BCUT2D eigenvalue weighted by atomic mass is 16.6. The molecule has 0 bridgehead atoms. The van der Waals surface area contributed by atoms with Crippen molar-refractivity contribution < 1.29 is 28.8 Å². The molecule has 1 aromatic rings. The zero-order valence-corrected chi connectivity index (χ0v) is 23.3. The van der Waals surface area contributed by atoms with Crippen molar-refractivity contribution in [3.63, 3.8) is 0 Å². The summed E-state index contributed by atoms with van der Waals surface area (Å²) >= 11 is 0. The average Bonchev–Trinajstić information content (AvgIpc) is 2.79. The zero-order valence-electron chi connectivity index (χ0n) is 23.3. The Kier molecular flexibility index (Phi) is 9.71. The first-order valence-corrected chi connectivity index (χ1v) is 14.4. The third-order valence-electron chi connectivity index (χ3n) is 8.15. The van der Waals surface area contributed by atoms with Gasteiger partial charge in [-0.25, -0.2) is 4.79 Å². The number of rotatable bonds is 12. The average molecular weight is 515 g/mol. The van der Waals surface area contributed by atoms with E-state index in [1.165, 1.54) is 5.57 Å². The lowest BCUT2D eigenvalue weighted by Crippen LogP contribution is -2.41. The normalized spacial score (nSPS) is 24.8. The summed E-state index contributed by atoms with van der Waals surface area (Å²) in [6.45, 7) is 10.7. The molecule has 2 aliphatic carbocycles. The number of benzene rings is 1. The van der Waals surface area contributed by atoms with Crippen LogP contribution in [0, 0.1) is 11.8 Å². The van der Waals surface area contributed by atoms with Crippen LogP contribution >= 0.6 is 0 Å². The van der Waals surface area contributed by atoms with Gasteiger partial charge < -0.3 is 24.1 Å². The van der Waals surface area contributed by atoms with E-state index in [1.807, 2.05) is 19.9 Å². The monoisotopic (exact) mass is 514 g/mol. The highest BCUT2D eigenvalue weighted by Crippen LogP contribution is 2.50. The van der Waals surface area contributed by atoms with Gasteiger partial charge in [0.05, 0.1) is 24.9 Å². The van der Waals surface area contributed by atoms with Crippen LogP contribution in [0.25, 0.3) is 0 Å². The van der Waals surface area contributed by atoms with Gasteiger partial charge in [-0.15, -0.1) is 0 Å². The maximum absolute atomic E-state index is 13.7. The molecule has 206 valence electrons. The SMILES string of the molecule is CCCc1cc(OC(=O)C(OCC(CCO)OC(C)C)C2CCC2)c2c(c1)OC(C)[C@@H]1CCC(C)=CC21. The standard InChI is InChI=1S/C31H46O6/c1-6-8-22-16-27-29(26-15-20(4)11-12-25(26)21(5)36-27)28(17-22)37-31(33)30(23-9-7-10-23)34-18-24(13-14-32)35-19(2)3/h15-17,19,21,23-26,30,32H,6-14,18H2,1-5H3/t21?,24?,25-,26?,30?/m0/s1. The molecule has 1 N–H and O–H groups in total. The number of aliphatic hydroxyl groups excluding tert-OH is 1. The lowest BCUT2D eigenvalue weighted by Gasteiger charge is -2.40. The number of carbonyl (C=O) groups is 1. The summed E-state index contributed by atoms with van der Waals surface area (Å²) in [7, 11) is 0. The van der Waals surface area contributed by atoms with Gasteiger partial charge in [-0.1, -0.05) is 31.4 Å². The smallest absolute Gasteiger partial charge is 0.340 e. The highest BCUT2D eigenvalue weighted by molar-refractivity contribution is 5.78. The molecule has 1 aliphatic heterocycles. The van der Waals surface area contributed by atoms with Gasteiger partial charge >= 0.3 is 5.97 Å². The van der Waals surface area contributed by atoms with E-state index in [1.54, 1.807) is 0 Å². The molecule has 0 aromatic heterocycles. The lowest BCUT2D eigenvalue weighted by molar-refractivity contribution is -0.159. The molecule has 1 heterocycles. The molecule has 0 saturated heterocycles. The van der Waals surface area contributed by atoms with Gasteiger partial charge in [0.2, 0.25) is 0 Å². The van der Waals surface area contributed by atoms with Crippen LogP contribution in [0.3, 0.4) is 0 Å². The maximum atomic E-state index is 13.7. The summed E-state index contributed by atoms with van der Waals surface area (Å²) in [5.41, 5.74) is 3.51. The Morgan fingerprint density at radius 3 is 2.65 bits per heavy atom. The Morgan fingerprint density at radius 2 is 2.00 bits per heavy atom. The molecule has 6 nitrogen and oxygen atoms in total. The maximum Gasteiger partial charge on any atom is 0.340 e. The molecule has 1 fully saturated rings. The lowest BCUT2D eigenvalue weighted by atomic mass is 9.72. The summed E-state index contributed by atoms with van der Waals surface area (Å²) in [5, 5.41) is 9.46. The van der Waals surface area contributed by atoms with Gasteiger partial charge in [-0.3, -0.25) is 0 Å². The van der Waals surface area contributed by atoms with Gasteiger partial charge in [0, 0.05) is 24.0 Å². The minimum absolute atomic E-state index is 0.0174. The Balaban J connectivity index is 1.60. The van der Waals surface area contributed by atoms with Gasteiger partial charge in [0.1, 0.15) is 11.5 Å². The third-order valence-corrected chi connectivity index (χ3v) is 8.15. The van der Waals surface area contributed by atoms with E-state index >= 15 is 0 Å². The number of hydrogen-bond acceptors (Lipinski definition) is 6. The van der Waals surface area contributed by atoms with Crippen molar-refractivity contribution in [1.82, 2.24) is 0 Å². The molecule has 1 saturated carbocycles. The predicted molar refractivity (Wildman–Crippen MR) is 144 cm³/mol. The van der Waals surface area contributed by atoms with Crippen LogP contribution in [0.4, 0.5) is 0 Å². The number of aryl methyl sites for hydroxylation is 1. The fourth-order valence-electron chi connectivity index (χ4n) is 6.03. The summed E-state index contributed by atoms with van der Waals surface area (Å²) in [6, 6.07) is 4.19. The molecule has 4 unspecified atom stereocenters. The zero-order chi connectivity index (χ0) is 26.5. The molecule has 0 amide bonds. The number of fused-ring (bicyclic) bond motifs is 3. The van der Waals surface area contributed by atoms with Gasteiger partial charge in [-0.05, 0) is 89.8 Å². The van der Waals surface area contributed by atoms with E-state index in [4.69, 9.17) is 18.9 Å². The van der Waals surface area contributed by atoms with Crippen LogP contribution in [-0.2, 0) is 20.7 Å². The van der Waals surface area contributed by atoms with Crippen molar-refractivity contribution in [2.75, 3.05) is 13.2 Å². The van der Waals surface area contributed by atoms with Crippen LogP contribution in [0.2, 0.25) is 0 Å². The molecular weight excluding hydrogens is 468 g/mol. The summed E-state index contributed by atoms with van der Waals surface area (Å²) in [6.07, 6.45) is 9.14. The first-order valence-electron chi connectivity index (χ1n) is 14.4. The topological polar surface area (TPSA) is 74.2 Å². The molecule has 37 heavy (non-hydrogen) atoms. The van der Waals surface area contributed by atoms with Crippen LogP contribution < -0.4 is 9.47 Å². The van der Waals surface area contributed by atoms with Crippen LogP contribution in [0.5, 0.6) is 11.5 Å². The molecule has 0 spiro atoms. The van der Waals surface area contributed by atoms with Crippen molar-refractivity contribution in [2.45, 2.75) is 116 Å². The second-order valence-electron chi connectivity index (χ2n) is 11.5. The first-order chi connectivity index (χ1) is 17.8. The minimum atomic E-state index is -0.640. The summed E-state index contributed by atoms with van der Waals surface area (Å²) < 4.78 is 24.8. The van der Waals surface area contributed by atoms with Gasteiger partial charge in [-0.2, -0.15) is 0 Å². The molecule has 3 aliphatic rings. The fourth-order valence-corrected chi connectivity index (χ4v) is 6.03. The Labute approximate surface area is 222 Å². The molecule has 0 radical (unpaired) electrons. The predicted octanol–water partition coefficient (Wildman–Crippen LogP) is 6.13. The highest BCUT2D eigenvalue weighted by Gasteiger charge is 2.41. The first kappa shape index (κ1) is 28.1. The Morgan fingerprint density at radius 1 is 1.22 bits per heavy atom. The molecule has 6 heteroatoms. The number of ether oxygens (including phenoxy) is 4. The fraction of sp³-hybridized carbons (Fsp3) is 0.710. The summed E-state index contributed by atoms with van der Waals surface area (Å²) in [5.74, 6) is 1.84. The second kappa shape index (κ2) is 12.8. The number of esters is 1. The number of aliphatic hydroxyl groups is 1. The minimum Gasteiger partial charge on any atom is -0.490 e. The second-order valence-corrected chi connectivity index (χ2v) is 11.5. The van der Waals surface area contributed by atoms with Crippen molar-refractivity contribution in [1.29, 1.82) is 0 Å². The summed E-state index contributed by atoms with van der Waals surface area (Å²) in [4.78, 5) is 13.7. The van der Waals surface area contributed by atoms with Crippen LogP contribution in [0.1, 0.15) is 96.6 Å². The van der Waals surface area contributed by atoms with Crippen molar-refractivity contribution in [3.8, 4) is 11.5 Å². The number of carbonyl (C=O) groups excluding carboxylic acids is 1. The van der Waals surface area contributed by atoms with Crippen LogP contribution in [-0.4, -0.2) is 48.7 Å². The molecule has 4 rings (SSSR count). The Bertz CT molecular complexity index is 949. The van der Waals surface area contributed by atoms with Crippen LogP contribution in [0.15, 0.2) is 23.8 Å².